The molecule has 34 heavy (non-hydrogen) atoms. The van der Waals surface area contributed by atoms with E-state index in [1.807, 2.05) is 58.7 Å². The summed E-state index contributed by atoms with van der Waals surface area (Å²) in [6.07, 6.45) is 6.09. The van der Waals surface area contributed by atoms with Gasteiger partial charge in [0, 0.05) is 25.4 Å². The molecule has 0 unspecified atom stereocenters. The van der Waals surface area contributed by atoms with Crippen LogP contribution in [0.25, 0.3) is 16.3 Å². The maximum absolute atomic E-state index is 13.1. The third-order valence-corrected chi connectivity index (χ3v) is 7.52. The van der Waals surface area contributed by atoms with Gasteiger partial charge in [-0.15, -0.1) is 11.3 Å². The van der Waals surface area contributed by atoms with Gasteiger partial charge in [-0.05, 0) is 36.4 Å². The Morgan fingerprint density at radius 1 is 1.12 bits per heavy atom. The van der Waals surface area contributed by atoms with Gasteiger partial charge in [0.1, 0.15) is 17.8 Å². The van der Waals surface area contributed by atoms with Crippen molar-refractivity contribution in [3.8, 4) is 16.3 Å². The summed E-state index contributed by atoms with van der Waals surface area (Å²) < 4.78 is 1.81. The van der Waals surface area contributed by atoms with Crippen LogP contribution in [0.5, 0.6) is 0 Å². The first-order valence-corrected chi connectivity index (χ1v) is 12.4. The predicted octanol–water partition coefficient (Wildman–Crippen LogP) is 3.81. The quantitative estimate of drug-likeness (QED) is 0.547. The number of imide groups is 1. The van der Waals surface area contributed by atoms with E-state index < -0.39 is 11.6 Å². The van der Waals surface area contributed by atoms with Crippen LogP contribution in [0.15, 0.2) is 54.0 Å². The Balaban J connectivity index is 1.33. The number of hydrogen-bond acceptors (Lipinski definition) is 5. The first-order valence-electron chi connectivity index (χ1n) is 11.5. The second-order valence-corrected chi connectivity index (χ2v) is 9.92. The van der Waals surface area contributed by atoms with Gasteiger partial charge < -0.3 is 10.2 Å². The van der Waals surface area contributed by atoms with E-state index in [9.17, 15) is 14.4 Å². The van der Waals surface area contributed by atoms with E-state index in [-0.39, 0.29) is 18.4 Å². The lowest BCUT2D eigenvalue weighted by atomic mass is 9.82. The number of thiophene rings is 1. The van der Waals surface area contributed by atoms with E-state index in [0.717, 1.165) is 46.0 Å². The van der Waals surface area contributed by atoms with Gasteiger partial charge in [-0.2, -0.15) is 5.10 Å². The fraction of sp³-hybridized carbons (Fsp3) is 0.360. The van der Waals surface area contributed by atoms with Crippen LogP contribution in [-0.4, -0.2) is 56.6 Å². The van der Waals surface area contributed by atoms with Crippen molar-refractivity contribution in [2.45, 2.75) is 44.2 Å². The Bertz CT molecular complexity index is 1200. The molecule has 2 aliphatic rings. The van der Waals surface area contributed by atoms with Gasteiger partial charge in [-0.1, -0.05) is 43.5 Å². The molecular formula is C25H27N5O3S. The molecule has 2 aromatic heterocycles. The van der Waals surface area contributed by atoms with Crippen molar-refractivity contribution in [3.63, 3.8) is 0 Å². The summed E-state index contributed by atoms with van der Waals surface area (Å²) in [6, 6.07) is 13.3. The standard InChI is InChI=1S/C25H27N5O3S/c1-28(21(31)17-29-23(32)25(26-24(29)33)12-6-3-7-13-25)15-18-16-30(19-9-4-2-5-10-19)27-22(18)20-11-8-14-34-20/h2,4-5,8-11,14,16H,3,6-7,12-13,15,17H2,1H3,(H,26,33). The normalized spacial score (nSPS) is 17.3. The summed E-state index contributed by atoms with van der Waals surface area (Å²) in [6.45, 7) is 0.0533. The van der Waals surface area contributed by atoms with Crippen molar-refractivity contribution in [2.75, 3.05) is 13.6 Å². The third kappa shape index (κ3) is 4.11. The molecule has 2 fully saturated rings. The van der Waals surface area contributed by atoms with Gasteiger partial charge >= 0.3 is 6.03 Å². The molecule has 4 amide bonds. The number of amides is 4. The van der Waals surface area contributed by atoms with Gasteiger partial charge in [0.25, 0.3) is 5.91 Å². The lowest BCUT2D eigenvalue weighted by Gasteiger charge is -2.30. The third-order valence-electron chi connectivity index (χ3n) is 6.64. The van der Waals surface area contributed by atoms with Crippen LogP contribution in [0.3, 0.4) is 0 Å². The summed E-state index contributed by atoms with van der Waals surface area (Å²) in [4.78, 5) is 42.3. The van der Waals surface area contributed by atoms with Crippen LogP contribution in [0.1, 0.15) is 37.7 Å². The first kappa shape index (κ1) is 22.3. The summed E-state index contributed by atoms with van der Waals surface area (Å²) in [5.41, 5.74) is 1.81. The average Bonchev–Trinajstić information content (AvgIpc) is 3.57. The van der Waals surface area contributed by atoms with Crippen molar-refractivity contribution in [3.05, 3.63) is 59.6 Å². The van der Waals surface area contributed by atoms with Crippen molar-refractivity contribution in [1.29, 1.82) is 0 Å². The summed E-state index contributed by atoms with van der Waals surface area (Å²) >= 11 is 1.59. The highest BCUT2D eigenvalue weighted by molar-refractivity contribution is 7.13. The fourth-order valence-electron chi connectivity index (χ4n) is 4.77. The van der Waals surface area contributed by atoms with E-state index in [1.54, 1.807) is 23.3 Å². The zero-order chi connectivity index (χ0) is 23.7. The van der Waals surface area contributed by atoms with Crippen molar-refractivity contribution in [1.82, 2.24) is 24.9 Å². The Labute approximate surface area is 202 Å². The lowest BCUT2D eigenvalue weighted by Crippen LogP contribution is -2.49. The largest absolute Gasteiger partial charge is 0.340 e. The summed E-state index contributed by atoms with van der Waals surface area (Å²) in [5, 5.41) is 9.64. The number of benzene rings is 1. The molecule has 5 rings (SSSR count). The number of nitrogens with one attached hydrogen (secondary N) is 1. The average molecular weight is 478 g/mol. The number of nitrogens with zero attached hydrogens (tertiary/aromatic N) is 4. The zero-order valence-corrected chi connectivity index (χ0v) is 19.9. The minimum absolute atomic E-state index is 0.260. The van der Waals surface area contributed by atoms with E-state index >= 15 is 0 Å². The molecule has 0 bridgehead atoms. The second kappa shape index (κ2) is 9.06. The second-order valence-electron chi connectivity index (χ2n) is 8.97. The van der Waals surface area contributed by atoms with Crippen molar-refractivity contribution in [2.24, 2.45) is 0 Å². The number of likely N-dealkylation sites (N-methyl/N-ethyl adjacent to an activating group) is 1. The number of rotatable bonds is 6. The maximum atomic E-state index is 13.1. The van der Waals surface area contributed by atoms with Crippen molar-refractivity contribution >= 4 is 29.2 Å². The molecule has 3 heterocycles. The SMILES string of the molecule is CN(Cc1cn(-c2ccccc2)nc1-c1cccs1)C(=O)CN1C(=O)NC2(CCCCC2)C1=O. The predicted molar refractivity (Wildman–Crippen MR) is 129 cm³/mol. The topological polar surface area (TPSA) is 87.5 Å². The summed E-state index contributed by atoms with van der Waals surface area (Å²) in [5.74, 6) is -0.559. The highest BCUT2D eigenvalue weighted by atomic mass is 32.1. The minimum Gasteiger partial charge on any atom is -0.340 e. The molecule has 1 N–H and O–H groups in total. The van der Waals surface area contributed by atoms with Gasteiger partial charge in [0.05, 0.1) is 10.6 Å². The molecule has 8 nitrogen and oxygen atoms in total. The summed E-state index contributed by atoms with van der Waals surface area (Å²) in [7, 11) is 1.69. The zero-order valence-electron chi connectivity index (χ0n) is 19.1. The van der Waals surface area contributed by atoms with Crippen LogP contribution in [0.2, 0.25) is 0 Å². The molecule has 9 heteroatoms. The number of carbonyl (C=O) groups is 3. The monoisotopic (exact) mass is 477 g/mol. The molecule has 1 saturated heterocycles. The van der Waals surface area contributed by atoms with Crippen LogP contribution in [0, 0.1) is 0 Å². The molecule has 1 aliphatic carbocycles. The lowest BCUT2D eigenvalue weighted by molar-refractivity contribution is -0.139. The molecule has 1 spiro atoms. The number of urea groups is 1. The molecule has 0 atom stereocenters. The van der Waals surface area contributed by atoms with Gasteiger partial charge in [0.15, 0.2) is 0 Å². The Morgan fingerprint density at radius 3 is 2.59 bits per heavy atom. The Kier molecular flexibility index (Phi) is 5.95. The van der Waals surface area contributed by atoms with Gasteiger partial charge in [-0.3, -0.25) is 14.5 Å². The van der Waals surface area contributed by atoms with E-state index in [0.29, 0.717) is 19.4 Å². The van der Waals surface area contributed by atoms with E-state index in [4.69, 9.17) is 5.10 Å². The molecule has 1 aliphatic heterocycles. The smallest absolute Gasteiger partial charge is 0.325 e. The molecule has 0 radical (unpaired) electrons. The van der Waals surface area contributed by atoms with E-state index in [1.165, 1.54) is 0 Å². The van der Waals surface area contributed by atoms with Gasteiger partial charge in [-0.25, -0.2) is 9.48 Å². The number of carbonyl (C=O) groups excluding carboxylic acids is 3. The van der Waals surface area contributed by atoms with Crippen molar-refractivity contribution < 1.29 is 14.4 Å². The number of para-hydroxylation sites is 1. The molecule has 1 aromatic carbocycles. The highest BCUT2D eigenvalue weighted by Gasteiger charge is 2.51. The number of aromatic nitrogens is 2. The Morgan fingerprint density at radius 2 is 1.88 bits per heavy atom. The van der Waals surface area contributed by atoms with Crippen LogP contribution < -0.4 is 5.32 Å². The molecular weight excluding hydrogens is 450 g/mol. The highest BCUT2D eigenvalue weighted by Crippen LogP contribution is 2.34. The maximum Gasteiger partial charge on any atom is 0.325 e. The number of hydrogen-bond donors (Lipinski definition) is 1. The van der Waals surface area contributed by atoms with Crippen LogP contribution in [-0.2, 0) is 16.1 Å². The van der Waals surface area contributed by atoms with Gasteiger partial charge in [0.2, 0.25) is 5.91 Å². The van der Waals surface area contributed by atoms with Crippen LogP contribution >= 0.6 is 11.3 Å². The van der Waals surface area contributed by atoms with E-state index in [2.05, 4.69) is 5.32 Å². The fourth-order valence-corrected chi connectivity index (χ4v) is 5.52. The Hall–Kier alpha value is -3.46. The van der Waals surface area contributed by atoms with Crippen LogP contribution in [0.4, 0.5) is 4.79 Å². The molecule has 1 saturated carbocycles. The molecule has 176 valence electrons. The molecule has 3 aromatic rings. The minimum atomic E-state index is -0.822. The first-order chi connectivity index (χ1) is 16.5.